The minimum atomic E-state index is -4.06. The van der Waals surface area contributed by atoms with Gasteiger partial charge in [0.1, 0.15) is 12.6 Å². The van der Waals surface area contributed by atoms with Crippen molar-refractivity contribution in [2.45, 2.75) is 52.0 Å². The Morgan fingerprint density at radius 1 is 0.846 bits per heavy atom. The van der Waals surface area contributed by atoms with Gasteiger partial charge in [-0.15, -0.1) is 0 Å². The zero-order valence-electron chi connectivity index (χ0n) is 23.4. The van der Waals surface area contributed by atoms with Crippen LogP contribution in [0.1, 0.15) is 37.5 Å². The van der Waals surface area contributed by atoms with Gasteiger partial charge in [0, 0.05) is 13.1 Å². The lowest BCUT2D eigenvalue weighted by atomic mass is 10.1. The standard InChI is InChI=1S/C31H39N3O4S/c1-23(2)21-32-31(36)26(5)33(19-18-27-12-8-6-9-13-27)30(35)22-34(28-17-16-24(3)25(4)20-28)39(37,38)29-14-10-7-11-15-29/h6-17,20,23,26H,18-19,21-22H2,1-5H3,(H,32,36)/t26-/m1/s1. The SMILES string of the molecule is Cc1ccc(N(CC(=O)N(CCc2ccccc2)[C@H](C)C(=O)NCC(C)C)S(=O)(=O)c2ccccc2)cc1C. The smallest absolute Gasteiger partial charge is 0.264 e. The van der Waals surface area contributed by atoms with Crippen LogP contribution in [0.3, 0.4) is 0 Å². The second-order valence-electron chi connectivity index (χ2n) is 10.2. The van der Waals surface area contributed by atoms with Crippen molar-refractivity contribution < 1.29 is 18.0 Å². The lowest BCUT2D eigenvalue weighted by molar-refractivity contribution is -0.138. The van der Waals surface area contributed by atoms with E-state index in [2.05, 4.69) is 5.32 Å². The highest BCUT2D eigenvalue weighted by Crippen LogP contribution is 2.26. The monoisotopic (exact) mass is 549 g/mol. The molecule has 0 aliphatic heterocycles. The topological polar surface area (TPSA) is 86.8 Å². The molecule has 0 bridgehead atoms. The summed E-state index contributed by atoms with van der Waals surface area (Å²) in [5.41, 5.74) is 3.35. The summed E-state index contributed by atoms with van der Waals surface area (Å²) in [6, 6.07) is 22.3. The van der Waals surface area contributed by atoms with E-state index in [-0.39, 0.29) is 23.3 Å². The third-order valence-electron chi connectivity index (χ3n) is 6.72. The molecule has 0 saturated heterocycles. The van der Waals surface area contributed by atoms with E-state index in [1.54, 1.807) is 37.3 Å². The predicted octanol–water partition coefficient (Wildman–Crippen LogP) is 4.73. The third kappa shape index (κ3) is 7.93. The summed E-state index contributed by atoms with van der Waals surface area (Å²) in [4.78, 5) is 28.5. The maximum absolute atomic E-state index is 13.9. The Labute approximate surface area is 232 Å². The average molecular weight is 550 g/mol. The maximum atomic E-state index is 13.9. The van der Waals surface area contributed by atoms with E-state index in [0.717, 1.165) is 21.0 Å². The van der Waals surface area contributed by atoms with Crippen LogP contribution in [0.2, 0.25) is 0 Å². The molecule has 0 saturated carbocycles. The van der Waals surface area contributed by atoms with Crippen molar-refractivity contribution in [3.8, 4) is 0 Å². The Morgan fingerprint density at radius 3 is 2.05 bits per heavy atom. The van der Waals surface area contributed by atoms with Crippen molar-refractivity contribution in [1.82, 2.24) is 10.2 Å². The number of amides is 2. The summed E-state index contributed by atoms with van der Waals surface area (Å²) >= 11 is 0. The molecule has 3 aromatic rings. The molecule has 1 atom stereocenters. The Hall–Kier alpha value is -3.65. The van der Waals surface area contributed by atoms with Crippen LogP contribution in [-0.2, 0) is 26.0 Å². The van der Waals surface area contributed by atoms with E-state index in [9.17, 15) is 18.0 Å². The van der Waals surface area contributed by atoms with Gasteiger partial charge in [0.2, 0.25) is 11.8 Å². The number of benzene rings is 3. The van der Waals surface area contributed by atoms with Crippen molar-refractivity contribution in [3.63, 3.8) is 0 Å². The molecule has 2 amide bonds. The van der Waals surface area contributed by atoms with Crippen molar-refractivity contribution in [3.05, 3.63) is 95.6 Å². The Morgan fingerprint density at radius 2 is 1.46 bits per heavy atom. The molecule has 0 radical (unpaired) electrons. The zero-order valence-corrected chi connectivity index (χ0v) is 24.2. The zero-order chi connectivity index (χ0) is 28.6. The lowest BCUT2D eigenvalue weighted by Gasteiger charge is -2.32. The van der Waals surface area contributed by atoms with Crippen molar-refractivity contribution in [2.75, 3.05) is 23.9 Å². The minimum absolute atomic E-state index is 0.0922. The van der Waals surface area contributed by atoms with Crippen LogP contribution >= 0.6 is 0 Å². The minimum Gasteiger partial charge on any atom is -0.354 e. The van der Waals surface area contributed by atoms with E-state index in [4.69, 9.17) is 0 Å². The van der Waals surface area contributed by atoms with Gasteiger partial charge in [0.05, 0.1) is 10.6 Å². The largest absolute Gasteiger partial charge is 0.354 e. The van der Waals surface area contributed by atoms with E-state index in [0.29, 0.717) is 18.7 Å². The van der Waals surface area contributed by atoms with Crippen LogP contribution in [0.15, 0.2) is 83.8 Å². The van der Waals surface area contributed by atoms with Crippen LogP contribution in [-0.4, -0.2) is 50.8 Å². The molecule has 3 aromatic carbocycles. The van der Waals surface area contributed by atoms with Crippen molar-refractivity contribution >= 4 is 27.5 Å². The van der Waals surface area contributed by atoms with Gasteiger partial charge in [-0.3, -0.25) is 13.9 Å². The Balaban J connectivity index is 1.97. The molecule has 0 fully saturated rings. The average Bonchev–Trinajstić information content (AvgIpc) is 2.92. The highest BCUT2D eigenvalue weighted by Gasteiger charge is 2.32. The highest BCUT2D eigenvalue weighted by molar-refractivity contribution is 7.92. The normalized spacial score (nSPS) is 12.2. The Bertz CT molecular complexity index is 1360. The second kappa shape index (κ2) is 13.4. The fourth-order valence-electron chi connectivity index (χ4n) is 4.15. The van der Waals surface area contributed by atoms with Gasteiger partial charge >= 0.3 is 0 Å². The predicted molar refractivity (Wildman–Crippen MR) is 156 cm³/mol. The van der Waals surface area contributed by atoms with Crippen LogP contribution in [0.4, 0.5) is 5.69 Å². The van der Waals surface area contributed by atoms with E-state index < -0.39 is 28.5 Å². The maximum Gasteiger partial charge on any atom is 0.264 e. The van der Waals surface area contributed by atoms with Crippen molar-refractivity contribution in [2.24, 2.45) is 5.92 Å². The number of nitrogens with zero attached hydrogens (tertiary/aromatic N) is 2. The second-order valence-corrected chi connectivity index (χ2v) is 12.1. The molecule has 1 N–H and O–H groups in total. The molecule has 3 rings (SSSR count). The Kier molecular flexibility index (Phi) is 10.3. The molecule has 39 heavy (non-hydrogen) atoms. The molecule has 0 spiro atoms. The fourth-order valence-corrected chi connectivity index (χ4v) is 5.58. The van der Waals surface area contributed by atoms with Gasteiger partial charge in [-0.05, 0) is 74.1 Å². The molecular formula is C31H39N3O4S. The number of hydrogen-bond acceptors (Lipinski definition) is 4. The van der Waals surface area contributed by atoms with Crippen LogP contribution in [0.25, 0.3) is 0 Å². The molecule has 8 heteroatoms. The van der Waals surface area contributed by atoms with E-state index in [1.165, 1.54) is 17.0 Å². The summed E-state index contributed by atoms with van der Waals surface area (Å²) in [6.45, 7) is 9.86. The molecule has 0 unspecified atom stereocenters. The first-order valence-electron chi connectivity index (χ1n) is 13.3. The summed E-state index contributed by atoms with van der Waals surface area (Å²) in [7, 11) is -4.06. The summed E-state index contributed by atoms with van der Waals surface area (Å²) in [5.74, 6) is -0.462. The quantitative estimate of drug-likeness (QED) is 0.354. The van der Waals surface area contributed by atoms with E-state index >= 15 is 0 Å². The van der Waals surface area contributed by atoms with Crippen molar-refractivity contribution in [1.29, 1.82) is 0 Å². The molecular weight excluding hydrogens is 510 g/mol. The van der Waals surface area contributed by atoms with Gasteiger partial charge in [-0.25, -0.2) is 8.42 Å². The molecule has 7 nitrogen and oxygen atoms in total. The number of carbonyl (C=O) groups excluding carboxylic acids is 2. The van der Waals surface area contributed by atoms with Crippen LogP contribution in [0, 0.1) is 19.8 Å². The number of carbonyl (C=O) groups is 2. The number of anilines is 1. The van der Waals surface area contributed by atoms with Gasteiger partial charge in [-0.1, -0.05) is 68.4 Å². The number of aryl methyl sites for hydroxylation is 2. The highest BCUT2D eigenvalue weighted by atomic mass is 32.2. The molecule has 0 aliphatic carbocycles. The third-order valence-corrected chi connectivity index (χ3v) is 8.51. The van der Waals surface area contributed by atoms with Gasteiger partial charge < -0.3 is 10.2 Å². The number of nitrogens with one attached hydrogen (secondary N) is 1. The summed E-state index contributed by atoms with van der Waals surface area (Å²) < 4.78 is 28.8. The fraction of sp³-hybridized carbons (Fsp3) is 0.355. The number of hydrogen-bond donors (Lipinski definition) is 1. The van der Waals surface area contributed by atoms with E-state index in [1.807, 2.05) is 64.1 Å². The molecule has 208 valence electrons. The van der Waals surface area contributed by atoms with Crippen LogP contribution in [0.5, 0.6) is 0 Å². The first-order chi connectivity index (χ1) is 18.5. The van der Waals surface area contributed by atoms with Crippen LogP contribution < -0.4 is 9.62 Å². The first-order valence-corrected chi connectivity index (χ1v) is 14.7. The van der Waals surface area contributed by atoms with Gasteiger partial charge in [0.15, 0.2) is 0 Å². The summed E-state index contributed by atoms with van der Waals surface area (Å²) in [5, 5.41) is 2.91. The summed E-state index contributed by atoms with van der Waals surface area (Å²) in [6.07, 6.45) is 0.531. The molecule has 0 aromatic heterocycles. The molecule has 0 aliphatic rings. The number of rotatable bonds is 12. The van der Waals surface area contributed by atoms with Gasteiger partial charge in [0.25, 0.3) is 10.0 Å². The molecule has 0 heterocycles. The lowest BCUT2D eigenvalue weighted by Crippen LogP contribution is -2.52. The van der Waals surface area contributed by atoms with Gasteiger partial charge in [-0.2, -0.15) is 0 Å². The number of sulfonamides is 1. The first kappa shape index (κ1) is 29.9.